The van der Waals surface area contributed by atoms with Gasteiger partial charge in [-0.05, 0) is 61.4 Å². The standard InChI is InChI=1S/C23H18Cl2N2OS/c1-23(2)14-18(12-9-16-5-3-4-6-19(16)25)27-21(28)20(29-22(27)26-23)13-15-7-10-17(24)11-8-15/h3-14H,1-2H3/b12-9+,20-13-. The van der Waals surface area contributed by atoms with Gasteiger partial charge in [0.15, 0.2) is 4.80 Å². The first-order valence-electron chi connectivity index (χ1n) is 9.07. The zero-order valence-corrected chi connectivity index (χ0v) is 18.2. The van der Waals surface area contributed by atoms with Gasteiger partial charge in [0.2, 0.25) is 0 Å². The fourth-order valence-corrected chi connectivity index (χ4v) is 4.56. The summed E-state index contributed by atoms with van der Waals surface area (Å²) in [5.74, 6) is 0. The van der Waals surface area contributed by atoms with Crippen molar-refractivity contribution in [2.45, 2.75) is 19.4 Å². The molecule has 0 radical (unpaired) electrons. The van der Waals surface area contributed by atoms with Crippen molar-refractivity contribution in [1.82, 2.24) is 4.57 Å². The Kier molecular flexibility index (Phi) is 5.34. The molecule has 0 amide bonds. The highest BCUT2D eigenvalue weighted by atomic mass is 35.5. The third kappa shape index (κ3) is 4.30. The van der Waals surface area contributed by atoms with E-state index in [0.717, 1.165) is 16.8 Å². The molecule has 0 atom stereocenters. The lowest BCUT2D eigenvalue weighted by Crippen LogP contribution is -2.35. The van der Waals surface area contributed by atoms with E-state index in [0.29, 0.717) is 19.4 Å². The van der Waals surface area contributed by atoms with Gasteiger partial charge >= 0.3 is 0 Å². The number of fused-ring (bicyclic) bond motifs is 1. The van der Waals surface area contributed by atoms with Gasteiger partial charge in [-0.15, -0.1) is 0 Å². The molecule has 1 aliphatic heterocycles. The molecule has 3 nitrogen and oxygen atoms in total. The van der Waals surface area contributed by atoms with E-state index in [1.54, 1.807) is 4.57 Å². The molecule has 6 heteroatoms. The molecule has 146 valence electrons. The summed E-state index contributed by atoms with van der Waals surface area (Å²) in [4.78, 5) is 18.6. The Labute approximate surface area is 182 Å². The van der Waals surface area contributed by atoms with Crippen LogP contribution in [-0.4, -0.2) is 10.1 Å². The number of thiazole rings is 1. The summed E-state index contributed by atoms with van der Waals surface area (Å²) >= 11 is 13.6. The summed E-state index contributed by atoms with van der Waals surface area (Å²) in [6.07, 6.45) is 7.70. The monoisotopic (exact) mass is 440 g/mol. The first-order valence-corrected chi connectivity index (χ1v) is 10.6. The maximum absolute atomic E-state index is 13.1. The van der Waals surface area contributed by atoms with Crippen molar-refractivity contribution in [3.8, 4) is 0 Å². The van der Waals surface area contributed by atoms with Gasteiger partial charge in [-0.2, -0.15) is 0 Å². The number of aromatic nitrogens is 1. The second-order valence-electron chi connectivity index (χ2n) is 7.27. The highest BCUT2D eigenvalue weighted by Gasteiger charge is 2.22. The number of rotatable bonds is 3. The SMILES string of the molecule is CC1(C)C=C(/C=C/c2ccccc2Cl)n2c(s/c(=C\c3ccc(Cl)cc3)c2=O)=N1. The molecule has 4 rings (SSSR count). The van der Waals surface area contributed by atoms with E-state index in [4.69, 9.17) is 28.2 Å². The average Bonchev–Trinajstić information content (AvgIpc) is 2.97. The van der Waals surface area contributed by atoms with E-state index < -0.39 is 5.54 Å². The van der Waals surface area contributed by atoms with Gasteiger partial charge in [0.1, 0.15) is 0 Å². The van der Waals surface area contributed by atoms with Gasteiger partial charge < -0.3 is 0 Å². The van der Waals surface area contributed by atoms with E-state index in [-0.39, 0.29) is 5.56 Å². The highest BCUT2D eigenvalue weighted by Crippen LogP contribution is 2.22. The van der Waals surface area contributed by atoms with Crippen LogP contribution < -0.4 is 14.9 Å². The number of halogens is 2. The normalized spacial score (nSPS) is 15.9. The zero-order chi connectivity index (χ0) is 20.6. The van der Waals surface area contributed by atoms with Crippen LogP contribution in [0.2, 0.25) is 10.0 Å². The minimum absolute atomic E-state index is 0.0886. The number of benzene rings is 2. The largest absolute Gasteiger partial charge is 0.274 e. The molecule has 0 saturated carbocycles. The molecular weight excluding hydrogens is 423 g/mol. The molecule has 1 aromatic heterocycles. The molecule has 0 saturated heterocycles. The van der Waals surface area contributed by atoms with Crippen molar-refractivity contribution in [2.24, 2.45) is 4.99 Å². The second-order valence-corrected chi connectivity index (χ2v) is 9.13. The fraction of sp³-hybridized carbons (Fsp3) is 0.130. The van der Waals surface area contributed by atoms with Crippen LogP contribution in [0.1, 0.15) is 25.0 Å². The van der Waals surface area contributed by atoms with Crippen molar-refractivity contribution < 1.29 is 0 Å². The van der Waals surface area contributed by atoms with Gasteiger partial charge in [-0.3, -0.25) is 9.36 Å². The lowest BCUT2D eigenvalue weighted by Gasteiger charge is -2.20. The van der Waals surface area contributed by atoms with Gasteiger partial charge in [-0.25, -0.2) is 4.99 Å². The quantitative estimate of drug-likeness (QED) is 0.563. The van der Waals surface area contributed by atoms with Gasteiger partial charge in [0.05, 0.1) is 10.1 Å². The number of hydrogen-bond donors (Lipinski definition) is 0. The summed E-state index contributed by atoms with van der Waals surface area (Å²) in [5, 5.41) is 1.33. The van der Waals surface area contributed by atoms with E-state index in [1.165, 1.54) is 11.3 Å². The van der Waals surface area contributed by atoms with Crippen LogP contribution >= 0.6 is 34.5 Å². The molecule has 0 unspecified atom stereocenters. The Morgan fingerprint density at radius 2 is 1.76 bits per heavy atom. The summed E-state index contributed by atoms with van der Waals surface area (Å²) in [6, 6.07) is 15.0. The molecule has 2 aromatic carbocycles. The van der Waals surface area contributed by atoms with E-state index in [9.17, 15) is 4.79 Å². The first kappa shape index (κ1) is 19.9. The number of allylic oxidation sites excluding steroid dienone is 2. The second kappa shape index (κ2) is 7.79. The highest BCUT2D eigenvalue weighted by molar-refractivity contribution is 7.07. The number of nitrogens with zero attached hydrogens (tertiary/aromatic N) is 2. The third-order valence-electron chi connectivity index (χ3n) is 4.46. The van der Waals surface area contributed by atoms with Crippen molar-refractivity contribution in [2.75, 3.05) is 0 Å². The topological polar surface area (TPSA) is 34.4 Å². The molecule has 3 aromatic rings. The molecule has 1 aliphatic rings. The van der Waals surface area contributed by atoms with Gasteiger partial charge in [0, 0.05) is 15.7 Å². The molecular formula is C23H18Cl2N2OS. The third-order valence-corrected chi connectivity index (χ3v) is 6.02. The van der Waals surface area contributed by atoms with E-state index in [1.807, 2.05) is 86.7 Å². The van der Waals surface area contributed by atoms with E-state index in [2.05, 4.69) is 0 Å². The van der Waals surface area contributed by atoms with Crippen molar-refractivity contribution in [3.63, 3.8) is 0 Å². The van der Waals surface area contributed by atoms with Crippen LogP contribution in [0.25, 0.3) is 17.8 Å². The summed E-state index contributed by atoms with van der Waals surface area (Å²) in [6.45, 7) is 4.04. The van der Waals surface area contributed by atoms with Crippen LogP contribution in [0.3, 0.4) is 0 Å². The number of hydrogen-bond acceptors (Lipinski definition) is 3. The minimum Gasteiger partial charge on any atom is -0.267 e. The average molecular weight is 441 g/mol. The maximum atomic E-state index is 13.1. The van der Waals surface area contributed by atoms with Gasteiger partial charge in [0.25, 0.3) is 5.56 Å². The van der Waals surface area contributed by atoms with Crippen molar-refractivity contribution in [3.05, 3.63) is 102 Å². The molecule has 29 heavy (non-hydrogen) atoms. The van der Waals surface area contributed by atoms with Crippen LogP contribution in [0.5, 0.6) is 0 Å². The summed E-state index contributed by atoms with van der Waals surface area (Å²) in [5.41, 5.74) is 2.11. The van der Waals surface area contributed by atoms with E-state index >= 15 is 0 Å². The minimum atomic E-state index is -0.408. The van der Waals surface area contributed by atoms with Crippen molar-refractivity contribution >= 4 is 52.4 Å². The molecule has 0 N–H and O–H groups in total. The smallest absolute Gasteiger partial charge is 0.267 e. The summed E-state index contributed by atoms with van der Waals surface area (Å²) < 4.78 is 2.28. The van der Waals surface area contributed by atoms with Crippen LogP contribution in [-0.2, 0) is 0 Å². The molecule has 0 aliphatic carbocycles. The Hall–Kier alpha value is -2.40. The Bertz CT molecular complexity index is 1310. The maximum Gasteiger partial charge on any atom is 0.274 e. The Morgan fingerprint density at radius 3 is 2.48 bits per heavy atom. The lowest BCUT2D eigenvalue weighted by molar-refractivity contribution is 0.613. The Balaban J connectivity index is 1.84. The summed E-state index contributed by atoms with van der Waals surface area (Å²) in [7, 11) is 0. The molecule has 2 heterocycles. The van der Waals surface area contributed by atoms with Gasteiger partial charge in [-0.1, -0.05) is 70.9 Å². The zero-order valence-electron chi connectivity index (χ0n) is 15.9. The predicted molar refractivity (Wildman–Crippen MR) is 123 cm³/mol. The van der Waals surface area contributed by atoms with Crippen LogP contribution in [0.15, 0.2) is 70.5 Å². The molecule has 0 bridgehead atoms. The Morgan fingerprint density at radius 1 is 1.03 bits per heavy atom. The van der Waals surface area contributed by atoms with Crippen molar-refractivity contribution in [1.29, 1.82) is 0 Å². The fourth-order valence-electron chi connectivity index (χ4n) is 3.10. The predicted octanol–water partition coefficient (Wildman–Crippen LogP) is 5.01. The van der Waals surface area contributed by atoms with Crippen LogP contribution in [0, 0.1) is 0 Å². The molecule has 0 fully saturated rings. The first-order chi connectivity index (χ1) is 13.8. The lowest BCUT2D eigenvalue weighted by atomic mass is 10.0. The molecule has 0 spiro atoms. The van der Waals surface area contributed by atoms with Crippen LogP contribution in [0.4, 0.5) is 0 Å².